The molecule has 2 aromatic carbocycles. The zero-order chi connectivity index (χ0) is 28.9. The van der Waals surface area contributed by atoms with E-state index in [1.807, 2.05) is 31.2 Å². The van der Waals surface area contributed by atoms with Crippen LogP contribution in [-0.4, -0.2) is 67.2 Å². The zero-order valence-corrected chi connectivity index (χ0v) is 22.5. The van der Waals surface area contributed by atoms with Crippen molar-refractivity contribution in [1.82, 2.24) is 15.5 Å². The van der Waals surface area contributed by atoms with E-state index in [1.54, 1.807) is 36.1 Å². The largest absolute Gasteiger partial charge is 0.484 e. The van der Waals surface area contributed by atoms with Gasteiger partial charge < -0.3 is 25.0 Å². The second kappa shape index (κ2) is 12.7. The summed E-state index contributed by atoms with van der Waals surface area (Å²) in [6.45, 7) is 3.44. The van der Waals surface area contributed by atoms with Crippen molar-refractivity contribution in [2.24, 2.45) is 5.92 Å². The van der Waals surface area contributed by atoms with E-state index in [-0.39, 0.29) is 36.9 Å². The summed E-state index contributed by atoms with van der Waals surface area (Å²) in [5, 5.41) is 5.47. The smallest absolute Gasteiger partial charge is 0.401 e. The molecule has 2 saturated heterocycles. The highest BCUT2D eigenvalue weighted by Gasteiger charge is 2.35. The van der Waals surface area contributed by atoms with Gasteiger partial charge in [0.05, 0.1) is 18.9 Å². The molecule has 40 heavy (non-hydrogen) atoms. The SMILES string of the molecule is Cc1ccc([C@@H](Oc2ccc(C(=O)N[C@H]3CCCN(C(=O)[C@H]4COC(=O)C4)C3)cc2)[C@H](C)NCC(F)(F)F)cc1. The van der Waals surface area contributed by atoms with Gasteiger partial charge in [-0.3, -0.25) is 14.4 Å². The Hall–Kier alpha value is -3.60. The third-order valence-electron chi connectivity index (χ3n) is 7.14. The highest BCUT2D eigenvalue weighted by molar-refractivity contribution is 5.94. The van der Waals surface area contributed by atoms with Crippen molar-refractivity contribution >= 4 is 17.8 Å². The average molecular weight is 562 g/mol. The first-order valence-corrected chi connectivity index (χ1v) is 13.4. The molecule has 4 rings (SSSR count). The topological polar surface area (TPSA) is 97.0 Å². The molecular formula is C29H34F3N3O5. The number of nitrogens with zero attached hydrogens (tertiary/aromatic N) is 1. The van der Waals surface area contributed by atoms with E-state index >= 15 is 0 Å². The molecule has 2 fully saturated rings. The normalized spacial score (nSPS) is 20.9. The van der Waals surface area contributed by atoms with Crippen LogP contribution >= 0.6 is 0 Å². The van der Waals surface area contributed by atoms with Crippen LogP contribution in [0, 0.1) is 12.8 Å². The third-order valence-corrected chi connectivity index (χ3v) is 7.14. The van der Waals surface area contributed by atoms with Gasteiger partial charge in [-0.2, -0.15) is 13.2 Å². The number of alkyl halides is 3. The minimum Gasteiger partial charge on any atom is -0.484 e. The number of ether oxygens (including phenoxy) is 2. The number of amides is 2. The van der Waals surface area contributed by atoms with Gasteiger partial charge in [-0.25, -0.2) is 0 Å². The van der Waals surface area contributed by atoms with Gasteiger partial charge in [-0.1, -0.05) is 29.8 Å². The monoisotopic (exact) mass is 561 g/mol. The Kier molecular flexibility index (Phi) is 9.34. The predicted octanol–water partition coefficient (Wildman–Crippen LogP) is 3.94. The molecule has 11 heteroatoms. The Bertz CT molecular complexity index is 1190. The van der Waals surface area contributed by atoms with E-state index in [9.17, 15) is 27.6 Å². The molecule has 2 heterocycles. The summed E-state index contributed by atoms with van der Waals surface area (Å²) >= 11 is 0. The lowest BCUT2D eigenvalue weighted by atomic mass is 10.0. The van der Waals surface area contributed by atoms with E-state index in [2.05, 4.69) is 10.6 Å². The lowest BCUT2D eigenvalue weighted by Gasteiger charge is -2.34. The van der Waals surface area contributed by atoms with Gasteiger partial charge in [-0.05, 0) is 56.5 Å². The van der Waals surface area contributed by atoms with Gasteiger partial charge in [-0.15, -0.1) is 0 Å². The average Bonchev–Trinajstić information content (AvgIpc) is 3.36. The number of esters is 1. The van der Waals surface area contributed by atoms with Crippen LogP contribution in [0.1, 0.15) is 53.8 Å². The highest BCUT2D eigenvalue weighted by Crippen LogP contribution is 2.27. The number of aryl methyl sites for hydroxylation is 1. The van der Waals surface area contributed by atoms with Crippen LogP contribution in [0.2, 0.25) is 0 Å². The fraction of sp³-hybridized carbons (Fsp3) is 0.483. The fourth-order valence-corrected chi connectivity index (χ4v) is 4.92. The summed E-state index contributed by atoms with van der Waals surface area (Å²) in [6, 6.07) is 12.9. The quantitative estimate of drug-likeness (QED) is 0.451. The summed E-state index contributed by atoms with van der Waals surface area (Å²) in [5.74, 6) is -0.867. The van der Waals surface area contributed by atoms with Gasteiger partial charge in [0.15, 0.2) is 0 Å². The molecule has 0 bridgehead atoms. The maximum Gasteiger partial charge on any atom is 0.401 e. The van der Waals surface area contributed by atoms with Gasteiger partial charge >= 0.3 is 12.1 Å². The Balaban J connectivity index is 1.37. The number of likely N-dealkylation sites (tertiary alicyclic amines) is 1. The third kappa shape index (κ3) is 7.97. The molecule has 8 nitrogen and oxygen atoms in total. The molecule has 2 aliphatic heterocycles. The molecule has 216 valence electrons. The zero-order valence-electron chi connectivity index (χ0n) is 22.5. The number of benzene rings is 2. The first kappa shape index (κ1) is 29.4. The Morgan fingerprint density at radius 1 is 1.12 bits per heavy atom. The number of carbonyl (C=O) groups is 3. The summed E-state index contributed by atoms with van der Waals surface area (Å²) in [7, 11) is 0. The van der Waals surface area contributed by atoms with Crippen LogP contribution in [0.4, 0.5) is 13.2 Å². The number of nitrogens with one attached hydrogen (secondary N) is 2. The van der Waals surface area contributed by atoms with Crippen LogP contribution in [-0.2, 0) is 14.3 Å². The molecule has 0 spiro atoms. The van der Waals surface area contributed by atoms with Crippen LogP contribution in [0.5, 0.6) is 5.75 Å². The Labute approximate surface area is 231 Å². The van der Waals surface area contributed by atoms with E-state index in [0.717, 1.165) is 24.0 Å². The number of rotatable bonds is 9. The van der Waals surface area contributed by atoms with Crippen molar-refractivity contribution in [1.29, 1.82) is 0 Å². The second-order valence-electron chi connectivity index (χ2n) is 10.4. The molecule has 0 aromatic heterocycles. The van der Waals surface area contributed by atoms with Crippen LogP contribution < -0.4 is 15.4 Å². The molecule has 0 radical (unpaired) electrons. The first-order valence-electron chi connectivity index (χ1n) is 13.4. The van der Waals surface area contributed by atoms with E-state index in [0.29, 0.717) is 24.4 Å². The molecule has 2 aromatic rings. The van der Waals surface area contributed by atoms with E-state index in [1.165, 1.54) is 0 Å². The highest BCUT2D eigenvalue weighted by atomic mass is 19.4. The van der Waals surface area contributed by atoms with Crippen molar-refractivity contribution in [3.05, 3.63) is 65.2 Å². The van der Waals surface area contributed by atoms with Gasteiger partial charge in [0.1, 0.15) is 18.5 Å². The first-order chi connectivity index (χ1) is 19.0. The van der Waals surface area contributed by atoms with E-state index < -0.39 is 30.8 Å². The van der Waals surface area contributed by atoms with Crippen molar-refractivity contribution in [2.75, 3.05) is 26.2 Å². The number of piperidine rings is 1. The molecular weight excluding hydrogens is 527 g/mol. The van der Waals surface area contributed by atoms with Gasteiger partial charge in [0.25, 0.3) is 5.91 Å². The number of halogens is 3. The van der Waals surface area contributed by atoms with Crippen LogP contribution in [0.15, 0.2) is 48.5 Å². The second-order valence-corrected chi connectivity index (χ2v) is 10.4. The van der Waals surface area contributed by atoms with Gasteiger partial charge in [0.2, 0.25) is 5.91 Å². The minimum atomic E-state index is -4.35. The molecule has 2 aliphatic rings. The Morgan fingerprint density at radius 3 is 2.45 bits per heavy atom. The summed E-state index contributed by atoms with van der Waals surface area (Å²) in [5.41, 5.74) is 2.13. The lowest BCUT2D eigenvalue weighted by Crippen LogP contribution is -2.51. The summed E-state index contributed by atoms with van der Waals surface area (Å²) in [6.07, 6.45) is -3.52. The number of hydrogen-bond donors (Lipinski definition) is 2. The molecule has 4 atom stereocenters. The Morgan fingerprint density at radius 2 is 1.82 bits per heavy atom. The van der Waals surface area contributed by atoms with E-state index in [4.69, 9.17) is 9.47 Å². The summed E-state index contributed by atoms with van der Waals surface area (Å²) in [4.78, 5) is 38.7. The standard InChI is InChI=1S/C29H34F3N3O5/c1-18-5-7-20(8-6-18)26(19(2)33-17-29(30,31)32)40-24-11-9-21(10-12-24)27(37)34-23-4-3-13-35(15-23)28(38)22-14-25(36)39-16-22/h5-12,19,22-23,26,33H,3-4,13-17H2,1-2H3,(H,34,37)/t19-,22+,23-,26-/m0/s1. The summed E-state index contributed by atoms with van der Waals surface area (Å²) < 4.78 is 49.5. The number of carbonyl (C=O) groups excluding carboxylic acids is 3. The lowest BCUT2D eigenvalue weighted by molar-refractivity contribution is -0.138. The van der Waals surface area contributed by atoms with Crippen LogP contribution in [0.3, 0.4) is 0 Å². The predicted molar refractivity (Wildman–Crippen MR) is 141 cm³/mol. The number of cyclic esters (lactones) is 1. The van der Waals surface area contributed by atoms with Crippen LogP contribution in [0.25, 0.3) is 0 Å². The van der Waals surface area contributed by atoms with Crippen molar-refractivity contribution in [2.45, 2.75) is 57.5 Å². The maximum atomic E-state index is 12.9. The number of hydrogen-bond acceptors (Lipinski definition) is 6. The van der Waals surface area contributed by atoms with Gasteiger partial charge in [0, 0.05) is 30.7 Å². The molecule has 2 N–H and O–H groups in total. The minimum absolute atomic E-state index is 0.0860. The van der Waals surface area contributed by atoms with Crippen molar-refractivity contribution < 1.29 is 37.0 Å². The molecule has 0 unspecified atom stereocenters. The fourth-order valence-electron chi connectivity index (χ4n) is 4.92. The maximum absolute atomic E-state index is 12.9. The molecule has 0 aliphatic carbocycles. The molecule has 0 saturated carbocycles. The van der Waals surface area contributed by atoms with Crippen molar-refractivity contribution in [3.8, 4) is 5.75 Å². The molecule has 2 amide bonds. The van der Waals surface area contributed by atoms with Crippen molar-refractivity contribution in [3.63, 3.8) is 0 Å².